The molecule has 3 heteroatoms. The van der Waals surface area contributed by atoms with Crippen molar-refractivity contribution in [1.29, 1.82) is 0 Å². The van der Waals surface area contributed by atoms with E-state index in [0.717, 1.165) is 43.9 Å². The fourth-order valence-corrected chi connectivity index (χ4v) is 2.30. The maximum atomic E-state index is 6.12. The van der Waals surface area contributed by atoms with E-state index in [9.17, 15) is 0 Å². The zero-order valence-electron chi connectivity index (χ0n) is 9.96. The van der Waals surface area contributed by atoms with Crippen molar-refractivity contribution >= 4 is 0 Å². The normalized spacial score (nSPS) is 24.8. The average Bonchev–Trinajstić information content (AvgIpc) is 2.33. The summed E-state index contributed by atoms with van der Waals surface area (Å²) in [6.07, 6.45) is 5.69. The molecule has 1 saturated heterocycles. The highest BCUT2D eigenvalue weighted by Crippen LogP contribution is 2.32. The van der Waals surface area contributed by atoms with E-state index < -0.39 is 0 Å². The number of nitrogens with zero attached hydrogens (tertiary/aromatic N) is 1. The summed E-state index contributed by atoms with van der Waals surface area (Å²) in [6, 6.07) is 0. The maximum Gasteiger partial charge on any atom is 0.142 e. The molecule has 1 fully saturated rings. The third-order valence-electron chi connectivity index (χ3n) is 3.48. The Hall–Kier alpha value is -1.22. The summed E-state index contributed by atoms with van der Waals surface area (Å²) >= 11 is 0. The highest BCUT2D eigenvalue weighted by Gasteiger charge is 2.38. The molecule has 0 atom stereocenters. The molecule has 0 unspecified atom stereocenters. The standard InChI is InChI=1S/C13H20N2O/c1-4-11-12(5-2)16-13(10-14-11)6-8-15(3)9-7-13/h4-5,14H,1-2,6-10H2,3H3. The number of nitrogens with one attached hydrogen (secondary N) is 1. The molecule has 2 aliphatic heterocycles. The van der Waals surface area contributed by atoms with Gasteiger partial charge in [-0.25, -0.2) is 0 Å². The summed E-state index contributed by atoms with van der Waals surface area (Å²) in [7, 11) is 2.16. The number of rotatable bonds is 2. The van der Waals surface area contributed by atoms with E-state index in [-0.39, 0.29) is 5.60 Å². The van der Waals surface area contributed by atoms with Crippen LogP contribution in [0.1, 0.15) is 12.8 Å². The number of likely N-dealkylation sites (tertiary alicyclic amines) is 1. The lowest BCUT2D eigenvalue weighted by molar-refractivity contribution is -0.0466. The summed E-state index contributed by atoms with van der Waals surface area (Å²) in [6.45, 7) is 10.6. The zero-order valence-corrected chi connectivity index (χ0v) is 9.96. The number of ether oxygens (including phenoxy) is 1. The van der Waals surface area contributed by atoms with Gasteiger partial charge in [0.15, 0.2) is 0 Å². The van der Waals surface area contributed by atoms with Gasteiger partial charge in [-0.3, -0.25) is 0 Å². The van der Waals surface area contributed by atoms with Crippen molar-refractivity contribution < 1.29 is 4.74 Å². The molecule has 0 radical (unpaired) electrons. The smallest absolute Gasteiger partial charge is 0.142 e. The van der Waals surface area contributed by atoms with Crippen molar-refractivity contribution in [2.24, 2.45) is 0 Å². The Morgan fingerprint density at radius 3 is 2.56 bits per heavy atom. The predicted octanol–water partition coefficient (Wildman–Crippen LogP) is 1.65. The molecule has 1 N–H and O–H groups in total. The van der Waals surface area contributed by atoms with Crippen molar-refractivity contribution in [2.75, 3.05) is 26.7 Å². The summed E-state index contributed by atoms with van der Waals surface area (Å²) < 4.78 is 6.12. The summed E-state index contributed by atoms with van der Waals surface area (Å²) in [5.74, 6) is 0.839. The van der Waals surface area contributed by atoms with Crippen LogP contribution in [0.25, 0.3) is 0 Å². The largest absolute Gasteiger partial charge is 0.483 e. The minimum Gasteiger partial charge on any atom is -0.483 e. The lowest BCUT2D eigenvalue weighted by atomic mass is 9.90. The van der Waals surface area contributed by atoms with Gasteiger partial charge in [-0.15, -0.1) is 0 Å². The van der Waals surface area contributed by atoms with Crippen LogP contribution in [-0.2, 0) is 4.74 Å². The van der Waals surface area contributed by atoms with Crippen molar-refractivity contribution in [1.82, 2.24) is 10.2 Å². The van der Waals surface area contributed by atoms with Crippen molar-refractivity contribution in [3.05, 3.63) is 36.8 Å². The molecule has 2 rings (SSSR count). The third kappa shape index (κ3) is 2.00. The topological polar surface area (TPSA) is 24.5 Å². The van der Waals surface area contributed by atoms with Crippen LogP contribution in [0.5, 0.6) is 0 Å². The fraction of sp³-hybridized carbons (Fsp3) is 0.538. The van der Waals surface area contributed by atoms with Gasteiger partial charge in [0.05, 0.1) is 12.2 Å². The second-order valence-corrected chi connectivity index (χ2v) is 4.63. The molecule has 0 aromatic carbocycles. The number of piperidine rings is 1. The predicted molar refractivity (Wildman–Crippen MR) is 66.0 cm³/mol. The first-order valence-corrected chi connectivity index (χ1v) is 5.80. The lowest BCUT2D eigenvalue weighted by Gasteiger charge is -2.44. The summed E-state index contributed by atoms with van der Waals surface area (Å²) in [5.41, 5.74) is 0.919. The fourth-order valence-electron chi connectivity index (χ4n) is 2.30. The van der Waals surface area contributed by atoms with Crippen LogP contribution in [0.3, 0.4) is 0 Å². The average molecular weight is 220 g/mol. The summed E-state index contributed by atoms with van der Waals surface area (Å²) in [5, 5.41) is 3.39. The van der Waals surface area contributed by atoms with Gasteiger partial charge in [0, 0.05) is 25.9 Å². The van der Waals surface area contributed by atoms with Gasteiger partial charge in [0.25, 0.3) is 0 Å². The van der Waals surface area contributed by atoms with E-state index in [4.69, 9.17) is 4.74 Å². The molecule has 0 aromatic rings. The van der Waals surface area contributed by atoms with Gasteiger partial charge in [0.1, 0.15) is 11.4 Å². The van der Waals surface area contributed by atoms with E-state index in [2.05, 4.69) is 30.4 Å². The van der Waals surface area contributed by atoms with E-state index in [0.29, 0.717) is 0 Å². The monoisotopic (exact) mass is 220 g/mol. The molecule has 2 heterocycles. The maximum absolute atomic E-state index is 6.12. The molecule has 1 spiro atoms. The van der Waals surface area contributed by atoms with Crippen LogP contribution in [0.2, 0.25) is 0 Å². The molecule has 0 aromatic heterocycles. The highest BCUT2D eigenvalue weighted by atomic mass is 16.5. The quantitative estimate of drug-likeness (QED) is 0.766. The van der Waals surface area contributed by atoms with E-state index in [1.165, 1.54) is 0 Å². The highest BCUT2D eigenvalue weighted by molar-refractivity contribution is 5.28. The third-order valence-corrected chi connectivity index (χ3v) is 3.48. The molecular weight excluding hydrogens is 200 g/mol. The number of hydrogen-bond acceptors (Lipinski definition) is 3. The van der Waals surface area contributed by atoms with Gasteiger partial charge in [-0.2, -0.15) is 0 Å². The number of allylic oxidation sites excluding steroid dienone is 2. The molecule has 0 saturated carbocycles. The van der Waals surface area contributed by atoms with Gasteiger partial charge in [-0.1, -0.05) is 13.2 Å². The molecule has 2 aliphatic rings. The van der Waals surface area contributed by atoms with Gasteiger partial charge in [0.2, 0.25) is 0 Å². The first-order valence-electron chi connectivity index (χ1n) is 5.80. The Labute approximate surface area is 97.5 Å². The van der Waals surface area contributed by atoms with Crippen LogP contribution >= 0.6 is 0 Å². The second kappa shape index (κ2) is 4.34. The number of hydrogen-bond donors (Lipinski definition) is 1. The Morgan fingerprint density at radius 2 is 2.00 bits per heavy atom. The molecule has 0 bridgehead atoms. The Kier molecular flexibility index (Phi) is 3.06. The first-order chi connectivity index (χ1) is 7.69. The van der Waals surface area contributed by atoms with Gasteiger partial charge >= 0.3 is 0 Å². The molecular formula is C13H20N2O. The molecule has 88 valence electrons. The molecule has 0 amide bonds. The molecule has 3 nitrogen and oxygen atoms in total. The van der Waals surface area contributed by atoms with Crippen LogP contribution < -0.4 is 5.32 Å². The summed E-state index contributed by atoms with van der Waals surface area (Å²) in [4.78, 5) is 2.34. The minimum absolute atomic E-state index is 0.0391. The lowest BCUT2D eigenvalue weighted by Crippen LogP contribution is -2.52. The van der Waals surface area contributed by atoms with Crippen LogP contribution in [0, 0.1) is 0 Å². The molecule has 16 heavy (non-hydrogen) atoms. The van der Waals surface area contributed by atoms with Crippen LogP contribution in [-0.4, -0.2) is 37.2 Å². The zero-order chi connectivity index (χ0) is 11.6. The SMILES string of the molecule is C=CC1=C(C=C)OC2(CCN(C)CC2)CN1. The van der Waals surface area contributed by atoms with E-state index in [1.54, 1.807) is 12.2 Å². The Bertz CT molecular complexity index is 325. The van der Waals surface area contributed by atoms with Crippen molar-refractivity contribution in [2.45, 2.75) is 18.4 Å². The Morgan fingerprint density at radius 1 is 1.31 bits per heavy atom. The van der Waals surface area contributed by atoms with Crippen LogP contribution in [0.15, 0.2) is 36.8 Å². The van der Waals surface area contributed by atoms with Crippen LogP contribution in [0.4, 0.5) is 0 Å². The van der Waals surface area contributed by atoms with E-state index in [1.807, 2.05) is 0 Å². The second-order valence-electron chi connectivity index (χ2n) is 4.63. The Balaban J connectivity index is 2.14. The van der Waals surface area contributed by atoms with E-state index >= 15 is 0 Å². The van der Waals surface area contributed by atoms with Gasteiger partial charge < -0.3 is 15.0 Å². The first kappa shape index (κ1) is 11.3. The minimum atomic E-state index is -0.0391. The van der Waals surface area contributed by atoms with Gasteiger partial charge in [-0.05, 0) is 19.2 Å². The molecule has 0 aliphatic carbocycles. The van der Waals surface area contributed by atoms with Crippen molar-refractivity contribution in [3.63, 3.8) is 0 Å². The van der Waals surface area contributed by atoms with Crippen molar-refractivity contribution in [3.8, 4) is 0 Å².